The zero-order valence-corrected chi connectivity index (χ0v) is 30.0. The molecule has 1 rings (SSSR count). The molecule has 1 N–H and O–H groups in total. The number of aryl methyl sites for hydroxylation is 1. The average molecular weight is 632 g/mol. The van der Waals surface area contributed by atoms with E-state index in [0.29, 0.717) is 37.9 Å². The third kappa shape index (κ3) is 25.9. The maximum atomic E-state index is 12.1. The quantitative estimate of drug-likeness (QED) is 0.0411. The fourth-order valence-electron chi connectivity index (χ4n) is 5.51. The number of rotatable bonds is 29. The molecule has 3 unspecified atom stereocenters. The van der Waals surface area contributed by atoms with Crippen LogP contribution in [0.1, 0.15) is 138 Å². The largest absolute Gasteiger partial charge is 0.466 e. The summed E-state index contributed by atoms with van der Waals surface area (Å²) in [6, 6.07) is 0. The SMILES string of the molecule is CC(C)=CCCC(C)CC(=O)OCCCCCCN(CCCCCCOC(O)CC(C)CCC=C(C)C)CCCn1ccnc1. The zero-order chi connectivity index (χ0) is 33.1. The van der Waals surface area contributed by atoms with E-state index in [2.05, 4.69) is 68.1 Å². The van der Waals surface area contributed by atoms with Crippen LogP contribution in [0.15, 0.2) is 42.0 Å². The Morgan fingerprint density at radius 3 is 2.00 bits per heavy atom. The van der Waals surface area contributed by atoms with Gasteiger partial charge in [0.1, 0.15) is 0 Å². The van der Waals surface area contributed by atoms with Gasteiger partial charge in [-0.05, 0) is 117 Å². The predicted molar refractivity (Wildman–Crippen MR) is 188 cm³/mol. The highest BCUT2D eigenvalue weighted by Gasteiger charge is 2.11. The second-order valence-electron chi connectivity index (χ2n) is 13.7. The molecular formula is C38H69N3O4. The minimum atomic E-state index is -0.643. The molecule has 45 heavy (non-hydrogen) atoms. The smallest absolute Gasteiger partial charge is 0.306 e. The molecule has 0 aliphatic heterocycles. The molecule has 260 valence electrons. The minimum Gasteiger partial charge on any atom is -0.466 e. The van der Waals surface area contributed by atoms with Gasteiger partial charge in [-0.25, -0.2) is 4.98 Å². The van der Waals surface area contributed by atoms with Gasteiger partial charge < -0.3 is 24.0 Å². The number of carbonyl (C=O) groups excluding carboxylic acids is 1. The number of unbranched alkanes of at least 4 members (excludes halogenated alkanes) is 6. The number of ether oxygens (including phenoxy) is 2. The summed E-state index contributed by atoms with van der Waals surface area (Å²) in [6.07, 6.45) is 25.2. The summed E-state index contributed by atoms with van der Waals surface area (Å²) in [7, 11) is 0. The number of esters is 1. The van der Waals surface area contributed by atoms with Crippen molar-refractivity contribution in [2.24, 2.45) is 11.8 Å². The van der Waals surface area contributed by atoms with Gasteiger partial charge in [0.25, 0.3) is 0 Å². The maximum absolute atomic E-state index is 12.1. The predicted octanol–water partition coefficient (Wildman–Crippen LogP) is 9.12. The fourth-order valence-corrected chi connectivity index (χ4v) is 5.51. The van der Waals surface area contributed by atoms with Crippen molar-refractivity contribution in [2.75, 3.05) is 32.8 Å². The molecule has 0 aliphatic carbocycles. The Kier molecular flexibility index (Phi) is 24.8. The molecule has 1 aromatic heterocycles. The van der Waals surface area contributed by atoms with Crippen molar-refractivity contribution in [3.63, 3.8) is 0 Å². The molecule has 7 heteroatoms. The molecule has 0 saturated heterocycles. The van der Waals surface area contributed by atoms with Gasteiger partial charge in [0, 0.05) is 38.4 Å². The molecule has 3 atom stereocenters. The van der Waals surface area contributed by atoms with Gasteiger partial charge in [-0.15, -0.1) is 0 Å². The Morgan fingerprint density at radius 2 is 1.40 bits per heavy atom. The molecular weight excluding hydrogens is 562 g/mol. The van der Waals surface area contributed by atoms with Crippen LogP contribution in [0.25, 0.3) is 0 Å². The summed E-state index contributed by atoms with van der Waals surface area (Å²) >= 11 is 0. The van der Waals surface area contributed by atoms with Crippen molar-refractivity contribution in [3.05, 3.63) is 42.0 Å². The van der Waals surface area contributed by atoms with E-state index in [1.165, 1.54) is 36.8 Å². The first-order valence-electron chi connectivity index (χ1n) is 18.1. The maximum Gasteiger partial charge on any atom is 0.306 e. The molecule has 0 amide bonds. The molecule has 0 aromatic carbocycles. The Balaban J connectivity index is 2.19. The fraction of sp³-hybridized carbons (Fsp3) is 0.789. The van der Waals surface area contributed by atoms with E-state index < -0.39 is 6.29 Å². The second kappa shape index (κ2) is 27.2. The number of carbonyl (C=O) groups is 1. The van der Waals surface area contributed by atoms with E-state index >= 15 is 0 Å². The summed E-state index contributed by atoms with van der Waals surface area (Å²) < 4.78 is 13.4. The van der Waals surface area contributed by atoms with Crippen LogP contribution >= 0.6 is 0 Å². The number of hydrogen-bond acceptors (Lipinski definition) is 6. The lowest BCUT2D eigenvalue weighted by atomic mass is 10.0. The Labute approximate surface area is 276 Å². The van der Waals surface area contributed by atoms with E-state index in [4.69, 9.17) is 9.47 Å². The lowest BCUT2D eigenvalue weighted by molar-refractivity contribution is -0.144. The Morgan fingerprint density at radius 1 is 0.822 bits per heavy atom. The van der Waals surface area contributed by atoms with Crippen LogP contribution in [-0.4, -0.2) is 64.7 Å². The second-order valence-corrected chi connectivity index (χ2v) is 13.7. The molecule has 1 aromatic rings. The van der Waals surface area contributed by atoms with Crippen LogP contribution < -0.4 is 0 Å². The van der Waals surface area contributed by atoms with Gasteiger partial charge in [0.15, 0.2) is 6.29 Å². The molecule has 7 nitrogen and oxygen atoms in total. The topological polar surface area (TPSA) is 76.8 Å². The van der Waals surface area contributed by atoms with Gasteiger partial charge in [0.2, 0.25) is 0 Å². The van der Waals surface area contributed by atoms with Crippen molar-refractivity contribution >= 4 is 5.97 Å². The third-order valence-corrected chi connectivity index (χ3v) is 8.30. The number of aliphatic hydroxyl groups excluding tert-OH is 1. The number of nitrogens with zero attached hydrogens (tertiary/aromatic N) is 3. The van der Waals surface area contributed by atoms with Gasteiger partial charge >= 0.3 is 5.97 Å². The number of aliphatic hydroxyl groups is 1. The monoisotopic (exact) mass is 632 g/mol. The van der Waals surface area contributed by atoms with Gasteiger partial charge in [-0.1, -0.05) is 62.8 Å². The Bertz CT molecular complexity index is 891. The first-order valence-corrected chi connectivity index (χ1v) is 18.1. The van der Waals surface area contributed by atoms with Crippen LogP contribution in [0.3, 0.4) is 0 Å². The molecule has 0 fully saturated rings. The van der Waals surface area contributed by atoms with E-state index in [-0.39, 0.29) is 5.97 Å². The normalized spacial score (nSPS) is 13.4. The summed E-state index contributed by atoms with van der Waals surface area (Å²) in [5.74, 6) is 0.789. The molecule has 0 bridgehead atoms. The van der Waals surface area contributed by atoms with Crippen LogP contribution in [0.4, 0.5) is 0 Å². The highest BCUT2D eigenvalue weighted by atomic mass is 16.6. The summed E-state index contributed by atoms with van der Waals surface area (Å²) in [4.78, 5) is 18.9. The average Bonchev–Trinajstić information content (AvgIpc) is 3.49. The first-order chi connectivity index (χ1) is 21.7. The molecule has 1 heterocycles. The van der Waals surface area contributed by atoms with E-state index in [1.54, 1.807) is 0 Å². The molecule has 0 radical (unpaired) electrons. The van der Waals surface area contributed by atoms with Crippen LogP contribution in [0.5, 0.6) is 0 Å². The third-order valence-electron chi connectivity index (χ3n) is 8.30. The Hall–Kier alpha value is -1.96. The van der Waals surface area contributed by atoms with Gasteiger partial charge in [-0.2, -0.15) is 0 Å². The summed E-state index contributed by atoms with van der Waals surface area (Å²) in [5.41, 5.74) is 2.69. The standard InChI is InChI=1S/C38H69N3O4/c1-33(2)18-15-20-35(5)30-37(42)44-28-13-9-7-11-23-40(25-17-26-41-27-22-39-32-41)24-12-8-10-14-29-45-38(43)31-36(6)21-16-19-34(3)4/h18-19,22,27,32,35-37,42H,7-17,20-21,23-26,28-31H2,1-6H3. The van der Waals surface area contributed by atoms with Gasteiger partial charge in [0.05, 0.1) is 12.9 Å². The van der Waals surface area contributed by atoms with Crippen molar-refractivity contribution < 1.29 is 19.4 Å². The van der Waals surface area contributed by atoms with Gasteiger partial charge in [-0.3, -0.25) is 4.79 Å². The van der Waals surface area contributed by atoms with Crippen LogP contribution in [-0.2, 0) is 20.8 Å². The number of aromatic nitrogens is 2. The first kappa shape index (κ1) is 41.1. The van der Waals surface area contributed by atoms with Crippen molar-refractivity contribution in [3.8, 4) is 0 Å². The molecule has 0 saturated carbocycles. The van der Waals surface area contributed by atoms with Crippen LogP contribution in [0.2, 0.25) is 0 Å². The van der Waals surface area contributed by atoms with Crippen molar-refractivity contribution in [1.29, 1.82) is 0 Å². The highest BCUT2D eigenvalue weighted by Crippen LogP contribution is 2.16. The van der Waals surface area contributed by atoms with E-state index in [9.17, 15) is 9.90 Å². The summed E-state index contributed by atoms with van der Waals surface area (Å²) in [6.45, 7) is 18.4. The lowest BCUT2D eigenvalue weighted by Crippen LogP contribution is -2.28. The number of allylic oxidation sites excluding steroid dienone is 4. The lowest BCUT2D eigenvalue weighted by Gasteiger charge is -2.22. The summed E-state index contributed by atoms with van der Waals surface area (Å²) in [5, 5.41) is 10.2. The van der Waals surface area contributed by atoms with Crippen molar-refractivity contribution in [2.45, 2.75) is 151 Å². The van der Waals surface area contributed by atoms with E-state index in [1.807, 2.05) is 18.7 Å². The van der Waals surface area contributed by atoms with E-state index in [0.717, 1.165) is 84.0 Å². The van der Waals surface area contributed by atoms with Crippen molar-refractivity contribution in [1.82, 2.24) is 14.5 Å². The molecule has 0 aliphatic rings. The molecule has 0 spiro atoms. The zero-order valence-electron chi connectivity index (χ0n) is 30.0. The minimum absolute atomic E-state index is 0.0492. The van der Waals surface area contributed by atoms with Crippen LogP contribution in [0, 0.1) is 11.8 Å². The number of imidazole rings is 1. The number of hydrogen-bond donors (Lipinski definition) is 1. The highest BCUT2D eigenvalue weighted by molar-refractivity contribution is 5.69.